The van der Waals surface area contributed by atoms with E-state index in [4.69, 9.17) is 9.47 Å². The maximum Gasteiger partial charge on any atom is 0.181 e. The van der Waals surface area contributed by atoms with Gasteiger partial charge < -0.3 is 9.47 Å². The molecular weight excluding hydrogens is 242 g/mol. The molecule has 1 aliphatic carbocycles. The molecule has 1 aromatic carbocycles. The molecule has 100 valence electrons. The first-order valence-corrected chi connectivity index (χ1v) is 6.55. The second-order valence-corrected chi connectivity index (χ2v) is 4.62. The summed E-state index contributed by atoms with van der Waals surface area (Å²) in [5.74, 6) is 3.73. The minimum absolute atomic E-state index is 0.575. The highest BCUT2D eigenvalue weighted by molar-refractivity contribution is 5.61. The molecule has 0 saturated heterocycles. The molecule has 1 heterocycles. The first kappa shape index (κ1) is 12.0. The first-order valence-electron chi connectivity index (χ1n) is 6.55. The number of nitrogens with one attached hydrogen (secondary N) is 1. The van der Waals surface area contributed by atoms with Crippen LogP contribution in [0.25, 0.3) is 11.4 Å². The van der Waals surface area contributed by atoms with Crippen molar-refractivity contribution in [1.29, 1.82) is 0 Å². The molecule has 0 spiro atoms. The highest BCUT2D eigenvalue weighted by Crippen LogP contribution is 2.39. The average molecular weight is 259 g/mol. The fourth-order valence-electron chi connectivity index (χ4n) is 2.03. The van der Waals surface area contributed by atoms with Crippen LogP contribution in [0.5, 0.6) is 11.5 Å². The van der Waals surface area contributed by atoms with Gasteiger partial charge in [0, 0.05) is 11.5 Å². The summed E-state index contributed by atoms with van der Waals surface area (Å²) in [4.78, 5) is 4.54. The molecule has 3 rings (SSSR count). The van der Waals surface area contributed by atoms with E-state index in [1.165, 1.54) is 12.8 Å². The van der Waals surface area contributed by atoms with Crippen molar-refractivity contribution in [3.63, 3.8) is 0 Å². The zero-order valence-corrected chi connectivity index (χ0v) is 11.1. The van der Waals surface area contributed by atoms with Gasteiger partial charge >= 0.3 is 0 Å². The van der Waals surface area contributed by atoms with Gasteiger partial charge in [-0.15, -0.1) is 0 Å². The van der Waals surface area contributed by atoms with Crippen LogP contribution in [0.15, 0.2) is 18.2 Å². The molecule has 2 aromatic rings. The van der Waals surface area contributed by atoms with Crippen LogP contribution in [0, 0.1) is 0 Å². The van der Waals surface area contributed by atoms with Gasteiger partial charge in [0.15, 0.2) is 17.3 Å². The lowest BCUT2D eigenvalue weighted by molar-refractivity contribution is 0.311. The van der Waals surface area contributed by atoms with Gasteiger partial charge in [0.25, 0.3) is 0 Å². The third kappa shape index (κ3) is 2.41. The molecule has 1 fully saturated rings. The second kappa shape index (κ2) is 4.91. The molecular formula is C14H17N3O2. The Morgan fingerprint density at radius 2 is 2.16 bits per heavy atom. The number of aromatic nitrogens is 3. The van der Waals surface area contributed by atoms with Crippen LogP contribution in [0.4, 0.5) is 0 Å². The van der Waals surface area contributed by atoms with Crippen molar-refractivity contribution in [3.8, 4) is 22.9 Å². The van der Waals surface area contributed by atoms with E-state index in [0.717, 1.165) is 22.9 Å². The summed E-state index contributed by atoms with van der Waals surface area (Å²) >= 11 is 0. The van der Waals surface area contributed by atoms with Crippen molar-refractivity contribution in [2.24, 2.45) is 0 Å². The predicted octanol–water partition coefficient (Wildman–Crippen LogP) is 2.76. The highest BCUT2D eigenvalue weighted by atomic mass is 16.5. The maximum absolute atomic E-state index is 5.57. The fourth-order valence-corrected chi connectivity index (χ4v) is 2.03. The van der Waals surface area contributed by atoms with Gasteiger partial charge in [-0.25, -0.2) is 4.98 Å². The Kier molecular flexibility index (Phi) is 3.11. The van der Waals surface area contributed by atoms with Crippen molar-refractivity contribution < 1.29 is 9.47 Å². The second-order valence-electron chi connectivity index (χ2n) is 4.62. The van der Waals surface area contributed by atoms with Gasteiger partial charge in [0.1, 0.15) is 5.82 Å². The molecule has 1 saturated carbocycles. The van der Waals surface area contributed by atoms with Gasteiger partial charge in [-0.1, -0.05) is 0 Å². The minimum Gasteiger partial charge on any atom is -0.493 e. The monoisotopic (exact) mass is 259 g/mol. The molecule has 1 aromatic heterocycles. The average Bonchev–Trinajstić information content (AvgIpc) is 3.17. The molecule has 0 atom stereocenters. The highest BCUT2D eigenvalue weighted by Gasteiger charge is 2.27. The summed E-state index contributed by atoms with van der Waals surface area (Å²) < 4.78 is 10.8. The third-order valence-corrected chi connectivity index (χ3v) is 3.19. The number of ether oxygens (including phenoxy) is 2. The quantitative estimate of drug-likeness (QED) is 0.897. The number of hydrogen-bond acceptors (Lipinski definition) is 4. The van der Waals surface area contributed by atoms with E-state index < -0.39 is 0 Å². The molecule has 0 bridgehead atoms. The summed E-state index contributed by atoms with van der Waals surface area (Å²) in [7, 11) is 1.63. The van der Waals surface area contributed by atoms with Gasteiger partial charge in [0.05, 0.1) is 13.7 Å². The van der Waals surface area contributed by atoms with E-state index in [-0.39, 0.29) is 0 Å². The van der Waals surface area contributed by atoms with Crippen molar-refractivity contribution in [2.75, 3.05) is 13.7 Å². The Hall–Kier alpha value is -2.04. The number of methoxy groups -OCH3 is 1. The predicted molar refractivity (Wildman–Crippen MR) is 71.5 cm³/mol. The lowest BCUT2D eigenvalue weighted by atomic mass is 10.2. The van der Waals surface area contributed by atoms with Crippen LogP contribution < -0.4 is 9.47 Å². The van der Waals surface area contributed by atoms with Gasteiger partial charge in [-0.05, 0) is 38.0 Å². The van der Waals surface area contributed by atoms with E-state index in [0.29, 0.717) is 18.3 Å². The molecule has 1 N–H and O–H groups in total. The van der Waals surface area contributed by atoms with Crippen molar-refractivity contribution in [1.82, 2.24) is 15.2 Å². The molecule has 1 aliphatic rings. The van der Waals surface area contributed by atoms with Crippen molar-refractivity contribution in [2.45, 2.75) is 25.7 Å². The number of nitrogens with zero attached hydrogens (tertiary/aromatic N) is 2. The summed E-state index contributed by atoms with van der Waals surface area (Å²) in [5.41, 5.74) is 0.937. The molecule has 19 heavy (non-hydrogen) atoms. The fraction of sp³-hybridized carbons (Fsp3) is 0.429. The minimum atomic E-state index is 0.575. The summed E-state index contributed by atoms with van der Waals surface area (Å²) in [6, 6.07) is 5.75. The molecule has 5 nitrogen and oxygen atoms in total. The molecule has 0 aliphatic heterocycles. The first-order chi connectivity index (χ1) is 9.31. The number of rotatable bonds is 5. The van der Waals surface area contributed by atoms with Gasteiger partial charge in [-0.2, -0.15) is 5.10 Å². The molecule has 0 unspecified atom stereocenters. The van der Waals surface area contributed by atoms with E-state index in [9.17, 15) is 0 Å². The van der Waals surface area contributed by atoms with Crippen LogP contribution in [-0.2, 0) is 0 Å². The van der Waals surface area contributed by atoms with Gasteiger partial charge in [-0.3, -0.25) is 5.10 Å². The molecule has 0 amide bonds. The number of hydrogen-bond donors (Lipinski definition) is 1. The van der Waals surface area contributed by atoms with Crippen molar-refractivity contribution >= 4 is 0 Å². The SMILES string of the molecule is CCOc1cc(-c2n[nH]c(C3CC3)n2)ccc1OC. The Balaban J connectivity index is 1.92. The normalized spacial score (nSPS) is 14.4. The van der Waals surface area contributed by atoms with E-state index in [1.54, 1.807) is 7.11 Å². The van der Waals surface area contributed by atoms with E-state index in [1.807, 2.05) is 25.1 Å². The number of benzene rings is 1. The summed E-state index contributed by atoms with van der Waals surface area (Å²) in [5, 5.41) is 7.29. The zero-order chi connectivity index (χ0) is 13.2. The van der Waals surface area contributed by atoms with Crippen LogP contribution in [0.1, 0.15) is 31.5 Å². The van der Waals surface area contributed by atoms with Crippen LogP contribution in [-0.4, -0.2) is 28.9 Å². The topological polar surface area (TPSA) is 60.0 Å². The smallest absolute Gasteiger partial charge is 0.181 e. The molecule has 0 radical (unpaired) electrons. The van der Waals surface area contributed by atoms with Crippen LogP contribution >= 0.6 is 0 Å². The van der Waals surface area contributed by atoms with Crippen LogP contribution in [0.3, 0.4) is 0 Å². The van der Waals surface area contributed by atoms with E-state index in [2.05, 4.69) is 15.2 Å². The number of aromatic amines is 1. The Morgan fingerprint density at radius 3 is 2.84 bits per heavy atom. The summed E-state index contributed by atoms with van der Waals surface area (Å²) in [6.45, 7) is 2.55. The summed E-state index contributed by atoms with van der Waals surface area (Å²) in [6.07, 6.45) is 2.42. The Morgan fingerprint density at radius 1 is 1.32 bits per heavy atom. The standard InChI is InChI=1S/C14H17N3O2/c1-3-19-12-8-10(6-7-11(12)18-2)14-15-13(16-17-14)9-4-5-9/h6-9H,3-5H2,1-2H3,(H,15,16,17). The Bertz CT molecular complexity index is 576. The lowest BCUT2D eigenvalue weighted by Crippen LogP contribution is -1.96. The Labute approximate surface area is 112 Å². The van der Waals surface area contributed by atoms with E-state index >= 15 is 0 Å². The number of H-pyrrole nitrogens is 1. The zero-order valence-electron chi connectivity index (χ0n) is 11.1. The third-order valence-electron chi connectivity index (χ3n) is 3.19. The van der Waals surface area contributed by atoms with Crippen molar-refractivity contribution in [3.05, 3.63) is 24.0 Å². The van der Waals surface area contributed by atoms with Crippen LogP contribution in [0.2, 0.25) is 0 Å². The largest absolute Gasteiger partial charge is 0.493 e. The maximum atomic E-state index is 5.57. The van der Waals surface area contributed by atoms with Gasteiger partial charge in [0.2, 0.25) is 0 Å². The molecule has 5 heteroatoms. The lowest BCUT2D eigenvalue weighted by Gasteiger charge is -2.09.